The third-order valence-electron chi connectivity index (χ3n) is 3.01. The number of fused-ring (bicyclic) bond motifs is 3. The fourth-order valence-electron chi connectivity index (χ4n) is 2.06. The lowest BCUT2D eigenvalue weighted by molar-refractivity contribution is 0.783. The van der Waals surface area contributed by atoms with Crippen molar-refractivity contribution in [2.24, 2.45) is 7.05 Å². The van der Waals surface area contributed by atoms with Crippen LogP contribution in [0, 0.1) is 0 Å². The quantitative estimate of drug-likeness (QED) is 0.506. The maximum Gasteiger partial charge on any atom is 0.182 e. The number of hydrogen-bond acceptors (Lipinski definition) is 5. The second-order valence-electron chi connectivity index (χ2n) is 4.19. The summed E-state index contributed by atoms with van der Waals surface area (Å²) in [6, 6.07) is 3.76. The molecule has 19 heavy (non-hydrogen) atoms. The van der Waals surface area contributed by atoms with Crippen LogP contribution in [0.25, 0.3) is 28.1 Å². The van der Waals surface area contributed by atoms with Gasteiger partial charge in [0.15, 0.2) is 17.1 Å². The van der Waals surface area contributed by atoms with Crippen molar-refractivity contribution in [2.45, 2.75) is 0 Å². The van der Waals surface area contributed by atoms with Gasteiger partial charge in [0.05, 0.1) is 11.6 Å². The zero-order chi connectivity index (χ0) is 12.8. The highest BCUT2D eigenvalue weighted by molar-refractivity contribution is 5.88. The van der Waals surface area contributed by atoms with Gasteiger partial charge < -0.3 is 0 Å². The predicted octanol–water partition coefficient (Wildman–Crippen LogP) is 1.07. The SMILES string of the molecule is Cn1ncc2c1ncn1nc(-c3ccncc3)nc21. The Morgan fingerprint density at radius 1 is 1.11 bits per heavy atom. The van der Waals surface area contributed by atoms with Gasteiger partial charge in [-0.05, 0) is 12.1 Å². The summed E-state index contributed by atoms with van der Waals surface area (Å²) in [7, 11) is 1.85. The molecule has 4 aromatic heterocycles. The van der Waals surface area contributed by atoms with Crippen LogP contribution in [0.5, 0.6) is 0 Å². The lowest BCUT2D eigenvalue weighted by Gasteiger charge is -1.93. The first-order valence-electron chi connectivity index (χ1n) is 5.76. The van der Waals surface area contributed by atoms with Gasteiger partial charge in [-0.3, -0.25) is 9.67 Å². The van der Waals surface area contributed by atoms with E-state index >= 15 is 0 Å². The average molecular weight is 251 g/mol. The van der Waals surface area contributed by atoms with E-state index in [1.807, 2.05) is 19.2 Å². The number of aromatic nitrogens is 7. The van der Waals surface area contributed by atoms with Gasteiger partial charge in [-0.25, -0.2) is 14.5 Å². The first-order chi connectivity index (χ1) is 9.33. The van der Waals surface area contributed by atoms with Gasteiger partial charge in [0.25, 0.3) is 0 Å². The molecule has 0 fully saturated rings. The fourth-order valence-corrected chi connectivity index (χ4v) is 2.06. The minimum atomic E-state index is 0.653. The molecule has 4 rings (SSSR count). The van der Waals surface area contributed by atoms with Crippen molar-refractivity contribution < 1.29 is 0 Å². The summed E-state index contributed by atoms with van der Waals surface area (Å²) in [6.07, 6.45) is 6.84. The van der Waals surface area contributed by atoms with Gasteiger partial charge in [-0.2, -0.15) is 5.10 Å². The lowest BCUT2D eigenvalue weighted by Crippen LogP contribution is -1.94. The molecule has 0 saturated heterocycles. The third kappa shape index (κ3) is 1.41. The van der Waals surface area contributed by atoms with Crippen LogP contribution in [0.4, 0.5) is 0 Å². The highest BCUT2D eigenvalue weighted by Crippen LogP contribution is 2.19. The van der Waals surface area contributed by atoms with E-state index in [2.05, 4.69) is 25.1 Å². The van der Waals surface area contributed by atoms with Crippen LogP contribution in [0.3, 0.4) is 0 Å². The van der Waals surface area contributed by atoms with Crippen molar-refractivity contribution in [2.75, 3.05) is 0 Å². The highest BCUT2D eigenvalue weighted by Gasteiger charge is 2.11. The summed E-state index contributed by atoms with van der Waals surface area (Å²) in [5, 5.41) is 9.50. The molecule has 4 aromatic rings. The van der Waals surface area contributed by atoms with Crippen molar-refractivity contribution in [3.05, 3.63) is 37.1 Å². The Morgan fingerprint density at radius 3 is 2.79 bits per heavy atom. The zero-order valence-corrected chi connectivity index (χ0v) is 10.1. The van der Waals surface area contributed by atoms with Crippen LogP contribution in [0.1, 0.15) is 0 Å². The molecule has 0 spiro atoms. The number of aryl methyl sites for hydroxylation is 1. The second-order valence-corrected chi connectivity index (χ2v) is 4.19. The summed E-state index contributed by atoms with van der Waals surface area (Å²) in [4.78, 5) is 12.9. The zero-order valence-electron chi connectivity index (χ0n) is 10.1. The Kier molecular flexibility index (Phi) is 1.91. The first kappa shape index (κ1) is 10.1. The fraction of sp³-hybridized carbons (Fsp3) is 0.0833. The summed E-state index contributed by atoms with van der Waals surface area (Å²) in [6.45, 7) is 0. The van der Waals surface area contributed by atoms with Crippen molar-refractivity contribution in [3.63, 3.8) is 0 Å². The molecule has 0 saturated carbocycles. The van der Waals surface area contributed by atoms with Gasteiger partial charge in [0.1, 0.15) is 6.33 Å². The normalized spacial score (nSPS) is 11.4. The smallest absolute Gasteiger partial charge is 0.182 e. The number of pyridine rings is 1. The predicted molar refractivity (Wildman–Crippen MR) is 68.3 cm³/mol. The third-order valence-corrected chi connectivity index (χ3v) is 3.01. The Balaban J connectivity index is 2.04. The molecule has 0 radical (unpaired) electrons. The largest absolute Gasteiger partial charge is 0.265 e. The molecule has 0 aliphatic rings. The molecule has 0 amide bonds. The minimum absolute atomic E-state index is 0.653. The maximum atomic E-state index is 4.56. The van der Waals surface area contributed by atoms with E-state index in [4.69, 9.17) is 0 Å². The molecule has 0 N–H and O–H groups in total. The van der Waals surface area contributed by atoms with E-state index in [1.54, 1.807) is 34.1 Å². The summed E-state index contributed by atoms with van der Waals surface area (Å²) in [5.74, 6) is 0.653. The van der Waals surface area contributed by atoms with Crippen molar-refractivity contribution >= 4 is 16.7 Å². The van der Waals surface area contributed by atoms with E-state index in [9.17, 15) is 0 Å². The van der Waals surface area contributed by atoms with Crippen molar-refractivity contribution in [1.29, 1.82) is 0 Å². The van der Waals surface area contributed by atoms with Gasteiger partial charge in [0.2, 0.25) is 0 Å². The van der Waals surface area contributed by atoms with Crippen LogP contribution in [0.2, 0.25) is 0 Å². The van der Waals surface area contributed by atoms with Crippen molar-refractivity contribution in [3.8, 4) is 11.4 Å². The van der Waals surface area contributed by atoms with Crippen LogP contribution in [-0.2, 0) is 7.05 Å². The highest BCUT2D eigenvalue weighted by atomic mass is 15.3. The van der Waals surface area contributed by atoms with E-state index in [0.29, 0.717) is 5.82 Å². The van der Waals surface area contributed by atoms with Crippen LogP contribution in [-0.4, -0.2) is 34.3 Å². The molecule has 0 aromatic carbocycles. The van der Waals surface area contributed by atoms with Crippen LogP contribution < -0.4 is 0 Å². The topological polar surface area (TPSA) is 73.8 Å². The Hall–Kier alpha value is -2.83. The average Bonchev–Trinajstić information content (AvgIpc) is 3.03. The second kappa shape index (κ2) is 3.58. The van der Waals surface area contributed by atoms with E-state index in [-0.39, 0.29) is 0 Å². The lowest BCUT2D eigenvalue weighted by atomic mass is 10.2. The molecule has 0 unspecified atom stereocenters. The monoisotopic (exact) mass is 251 g/mol. The van der Waals surface area contributed by atoms with Crippen LogP contribution in [0.15, 0.2) is 37.1 Å². The maximum absolute atomic E-state index is 4.56. The number of nitrogens with zero attached hydrogens (tertiary/aromatic N) is 7. The van der Waals surface area contributed by atoms with Gasteiger partial charge in [0, 0.05) is 25.0 Å². The number of rotatable bonds is 1. The van der Waals surface area contributed by atoms with Crippen molar-refractivity contribution in [1.82, 2.24) is 34.3 Å². The molecule has 0 atom stereocenters. The van der Waals surface area contributed by atoms with Gasteiger partial charge in [-0.1, -0.05) is 0 Å². The first-order valence-corrected chi connectivity index (χ1v) is 5.76. The molecule has 4 heterocycles. The van der Waals surface area contributed by atoms with E-state index in [1.165, 1.54) is 0 Å². The molecule has 92 valence electrons. The summed E-state index contributed by atoms with van der Waals surface area (Å²) < 4.78 is 3.38. The van der Waals surface area contributed by atoms with E-state index in [0.717, 1.165) is 22.2 Å². The summed E-state index contributed by atoms with van der Waals surface area (Å²) in [5.41, 5.74) is 2.47. The molecule has 0 bridgehead atoms. The van der Waals surface area contributed by atoms with Gasteiger partial charge >= 0.3 is 0 Å². The Labute approximate surface area is 107 Å². The molecular weight excluding hydrogens is 242 g/mol. The molecule has 7 nitrogen and oxygen atoms in total. The standard InChI is InChI=1S/C12H9N7/c1-18-11-9(6-15-18)12-16-10(17-19(12)7-14-11)8-2-4-13-5-3-8/h2-7H,1H3. The molecule has 0 aliphatic carbocycles. The minimum Gasteiger partial charge on any atom is -0.265 e. The Morgan fingerprint density at radius 2 is 1.95 bits per heavy atom. The van der Waals surface area contributed by atoms with Crippen LogP contribution >= 0.6 is 0 Å². The molecule has 0 aliphatic heterocycles. The number of hydrogen-bond donors (Lipinski definition) is 0. The molecular formula is C12H9N7. The van der Waals surface area contributed by atoms with E-state index < -0.39 is 0 Å². The molecule has 7 heteroatoms. The Bertz CT molecular complexity index is 875. The van der Waals surface area contributed by atoms with Gasteiger partial charge in [-0.15, -0.1) is 5.10 Å². The summed E-state index contributed by atoms with van der Waals surface area (Å²) >= 11 is 0.